The SMILES string of the molecule is O=C(O)C1CCN(C(=O)Nc2cccc(F)c2)C1. The third kappa shape index (κ3) is 2.77. The average molecular weight is 252 g/mol. The van der Waals surface area contributed by atoms with Gasteiger partial charge in [0.2, 0.25) is 0 Å². The highest BCUT2D eigenvalue weighted by Gasteiger charge is 2.30. The molecule has 96 valence electrons. The number of hydrogen-bond donors (Lipinski definition) is 2. The number of carbonyl (C=O) groups excluding carboxylic acids is 1. The number of likely N-dealkylation sites (tertiary alicyclic amines) is 1. The van der Waals surface area contributed by atoms with Crippen LogP contribution in [0.3, 0.4) is 0 Å². The van der Waals surface area contributed by atoms with Gasteiger partial charge in [-0.05, 0) is 24.6 Å². The minimum Gasteiger partial charge on any atom is -0.481 e. The number of carboxylic acids is 1. The largest absolute Gasteiger partial charge is 0.481 e. The summed E-state index contributed by atoms with van der Waals surface area (Å²) in [6.07, 6.45) is 0.450. The summed E-state index contributed by atoms with van der Waals surface area (Å²) < 4.78 is 12.9. The molecule has 18 heavy (non-hydrogen) atoms. The van der Waals surface area contributed by atoms with Crippen molar-refractivity contribution in [2.24, 2.45) is 5.92 Å². The summed E-state index contributed by atoms with van der Waals surface area (Å²) in [6, 6.07) is 5.17. The van der Waals surface area contributed by atoms with Crippen LogP contribution in [0, 0.1) is 11.7 Å². The van der Waals surface area contributed by atoms with E-state index in [1.807, 2.05) is 0 Å². The van der Waals surface area contributed by atoms with E-state index in [4.69, 9.17) is 5.11 Å². The first kappa shape index (κ1) is 12.3. The summed E-state index contributed by atoms with van der Waals surface area (Å²) in [5, 5.41) is 11.4. The molecule has 1 atom stereocenters. The second-order valence-electron chi connectivity index (χ2n) is 4.21. The minimum atomic E-state index is -0.893. The van der Waals surface area contributed by atoms with Gasteiger partial charge < -0.3 is 15.3 Å². The van der Waals surface area contributed by atoms with E-state index in [-0.39, 0.29) is 6.54 Å². The molecule has 1 aliphatic heterocycles. The molecule has 6 heteroatoms. The van der Waals surface area contributed by atoms with Crippen molar-refractivity contribution >= 4 is 17.7 Å². The molecule has 1 fully saturated rings. The maximum absolute atomic E-state index is 12.9. The molecule has 0 saturated carbocycles. The van der Waals surface area contributed by atoms with Crippen LogP contribution in [0.15, 0.2) is 24.3 Å². The fourth-order valence-electron chi connectivity index (χ4n) is 1.92. The van der Waals surface area contributed by atoms with Gasteiger partial charge in [-0.1, -0.05) is 6.07 Å². The molecule has 0 radical (unpaired) electrons. The predicted molar refractivity (Wildman–Crippen MR) is 62.7 cm³/mol. The van der Waals surface area contributed by atoms with Crippen LogP contribution in [0.2, 0.25) is 0 Å². The number of nitrogens with zero attached hydrogens (tertiary/aromatic N) is 1. The average Bonchev–Trinajstić information content (AvgIpc) is 2.78. The lowest BCUT2D eigenvalue weighted by Crippen LogP contribution is -2.33. The Morgan fingerprint density at radius 1 is 1.44 bits per heavy atom. The molecule has 2 amide bonds. The van der Waals surface area contributed by atoms with Crippen LogP contribution in [-0.4, -0.2) is 35.1 Å². The summed E-state index contributed by atoms with van der Waals surface area (Å²) in [6.45, 7) is 0.592. The number of amides is 2. The van der Waals surface area contributed by atoms with E-state index in [1.165, 1.54) is 23.1 Å². The standard InChI is InChI=1S/C12H13FN2O3/c13-9-2-1-3-10(6-9)14-12(18)15-5-4-8(7-15)11(16)17/h1-3,6,8H,4-5,7H2,(H,14,18)(H,16,17). The fourth-order valence-corrected chi connectivity index (χ4v) is 1.92. The molecule has 1 saturated heterocycles. The van der Waals surface area contributed by atoms with Gasteiger partial charge in [-0.2, -0.15) is 0 Å². The molecule has 2 rings (SSSR count). The zero-order valence-electron chi connectivity index (χ0n) is 9.60. The Morgan fingerprint density at radius 2 is 2.22 bits per heavy atom. The lowest BCUT2D eigenvalue weighted by molar-refractivity contribution is -0.141. The number of carbonyl (C=O) groups is 2. The van der Waals surface area contributed by atoms with Crippen LogP contribution >= 0.6 is 0 Å². The van der Waals surface area contributed by atoms with Crippen LogP contribution < -0.4 is 5.32 Å². The lowest BCUT2D eigenvalue weighted by Gasteiger charge is -2.16. The van der Waals surface area contributed by atoms with Crippen molar-refractivity contribution in [1.29, 1.82) is 0 Å². The molecule has 2 N–H and O–H groups in total. The van der Waals surface area contributed by atoms with Crippen LogP contribution in [0.1, 0.15) is 6.42 Å². The molecular weight excluding hydrogens is 239 g/mol. The third-order valence-corrected chi connectivity index (χ3v) is 2.90. The number of anilines is 1. The van der Waals surface area contributed by atoms with E-state index in [1.54, 1.807) is 6.07 Å². The van der Waals surface area contributed by atoms with Crippen LogP contribution in [0.4, 0.5) is 14.9 Å². The van der Waals surface area contributed by atoms with Gasteiger partial charge >= 0.3 is 12.0 Å². The van der Waals surface area contributed by atoms with Crippen molar-refractivity contribution in [1.82, 2.24) is 4.90 Å². The molecule has 0 aliphatic carbocycles. The molecule has 1 heterocycles. The first-order chi connectivity index (χ1) is 8.56. The van der Waals surface area contributed by atoms with E-state index in [0.29, 0.717) is 18.7 Å². The van der Waals surface area contributed by atoms with Gasteiger partial charge in [0.15, 0.2) is 0 Å². The normalized spacial score (nSPS) is 18.7. The molecule has 0 bridgehead atoms. The van der Waals surface area contributed by atoms with Crippen molar-refractivity contribution in [2.45, 2.75) is 6.42 Å². The lowest BCUT2D eigenvalue weighted by atomic mass is 10.1. The van der Waals surface area contributed by atoms with E-state index < -0.39 is 23.7 Å². The maximum Gasteiger partial charge on any atom is 0.321 e. The van der Waals surface area contributed by atoms with Crippen molar-refractivity contribution in [2.75, 3.05) is 18.4 Å². The van der Waals surface area contributed by atoms with Crippen molar-refractivity contribution in [3.8, 4) is 0 Å². The minimum absolute atomic E-state index is 0.191. The number of urea groups is 1. The van der Waals surface area contributed by atoms with Crippen LogP contribution in [0.25, 0.3) is 0 Å². The summed E-state index contributed by atoms with van der Waals surface area (Å²) >= 11 is 0. The van der Waals surface area contributed by atoms with Gasteiger partial charge in [-0.3, -0.25) is 4.79 Å². The Hall–Kier alpha value is -2.11. The number of halogens is 1. The predicted octanol–water partition coefficient (Wildman–Crippen LogP) is 1.76. The fraction of sp³-hybridized carbons (Fsp3) is 0.333. The third-order valence-electron chi connectivity index (χ3n) is 2.90. The smallest absolute Gasteiger partial charge is 0.321 e. The zero-order chi connectivity index (χ0) is 13.1. The van der Waals surface area contributed by atoms with Crippen molar-refractivity contribution in [3.05, 3.63) is 30.1 Å². The van der Waals surface area contributed by atoms with E-state index >= 15 is 0 Å². The number of carboxylic acid groups (broad SMARTS) is 1. The van der Waals surface area contributed by atoms with Gasteiger partial charge in [-0.15, -0.1) is 0 Å². The van der Waals surface area contributed by atoms with Crippen LogP contribution in [-0.2, 0) is 4.79 Å². The highest BCUT2D eigenvalue weighted by Crippen LogP contribution is 2.18. The first-order valence-electron chi connectivity index (χ1n) is 5.60. The first-order valence-corrected chi connectivity index (χ1v) is 5.60. The van der Waals surface area contributed by atoms with E-state index in [9.17, 15) is 14.0 Å². The molecule has 1 aromatic rings. The number of aliphatic carboxylic acids is 1. The highest BCUT2D eigenvalue weighted by molar-refractivity contribution is 5.90. The van der Waals surface area contributed by atoms with Gasteiger partial charge in [-0.25, -0.2) is 9.18 Å². The van der Waals surface area contributed by atoms with Crippen LogP contribution in [0.5, 0.6) is 0 Å². The Balaban J connectivity index is 1.95. The maximum atomic E-state index is 12.9. The van der Waals surface area contributed by atoms with Gasteiger partial charge in [0, 0.05) is 18.8 Å². The summed E-state index contributed by atoms with van der Waals surface area (Å²) in [4.78, 5) is 24.0. The number of rotatable bonds is 2. The van der Waals surface area contributed by atoms with Gasteiger partial charge in [0.25, 0.3) is 0 Å². The van der Waals surface area contributed by atoms with E-state index in [2.05, 4.69) is 5.32 Å². The molecule has 0 spiro atoms. The van der Waals surface area contributed by atoms with E-state index in [0.717, 1.165) is 0 Å². The monoisotopic (exact) mass is 252 g/mol. The number of benzene rings is 1. The molecule has 1 aliphatic rings. The summed E-state index contributed by atoms with van der Waals surface area (Å²) in [7, 11) is 0. The van der Waals surface area contributed by atoms with Gasteiger partial charge in [0.05, 0.1) is 5.92 Å². The summed E-state index contributed by atoms with van der Waals surface area (Å²) in [5.41, 5.74) is 0.360. The molecule has 1 unspecified atom stereocenters. The Labute approximate surface area is 103 Å². The molecular formula is C12H13FN2O3. The zero-order valence-corrected chi connectivity index (χ0v) is 9.60. The Morgan fingerprint density at radius 3 is 2.83 bits per heavy atom. The second kappa shape index (κ2) is 5.03. The molecule has 0 aromatic heterocycles. The quantitative estimate of drug-likeness (QED) is 0.842. The number of nitrogens with one attached hydrogen (secondary N) is 1. The topological polar surface area (TPSA) is 69.6 Å². The molecule has 1 aromatic carbocycles. The second-order valence-corrected chi connectivity index (χ2v) is 4.21. The summed E-state index contributed by atoms with van der Waals surface area (Å²) in [5.74, 6) is -1.84. The Kier molecular flexibility index (Phi) is 3.45. The van der Waals surface area contributed by atoms with Gasteiger partial charge in [0.1, 0.15) is 5.82 Å². The van der Waals surface area contributed by atoms with Crippen molar-refractivity contribution in [3.63, 3.8) is 0 Å². The Bertz CT molecular complexity index is 478. The van der Waals surface area contributed by atoms with Crippen molar-refractivity contribution < 1.29 is 19.1 Å². The molecule has 5 nitrogen and oxygen atoms in total. The highest BCUT2D eigenvalue weighted by atomic mass is 19.1. The number of hydrogen-bond acceptors (Lipinski definition) is 2.